The minimum atomic E-state index is -0.596. The van der Waals surface area contributed by atoms with E-state index in [4.69, 9.17) is 16.3 Å². The van der Waals surface area contributed by atoms with Crippen molar-refractivity contribution in [3.05, 3.63) is 63.2 Å². The van der Waals surface area contributed by atoms with Gasteiger partial charge >= 0.3 is 0 Å². The Morgan fingerprint density at radius 1 is 1.28 bits per heavy atom. The lowest BCUT2D eigenvalue weighted by Gasteiger charge is -2.10. The van der Waals surface area contributed by atoms with Crippen LogP contribution in [-0.2, 0) is 0 Å². The molecule has 0 heterocycles. The van der Waals surface area contributed by atoms with Crippen LogP contribution < -0.4 is 10.1 Å². The Hall–Kier alpha value is -2.60. The highest BCUT2D eigenvalue weighted by molar-refractivity contribution is 6.32. The molecule has 1 amide bonds. The number of hydrogen-bond acceptors (Lipinski definition) is 4. The molecule has 0 aromatic heterocycles. The second kappa shape index (κ2) is 8.48. The fourth-order valence-corrected chi connectivity index (χ4v) is 2.26. The Morgan fingerprint density at radius 3 is 2.72 bits per heavy atom. The van der Waals surface area contributed by atoms with E-state index in [0.29, 0.717) is 29.5 Å². The summed E-state index contributed by atoms with van der Waals surface area (Å²) < 4.78 is 5.64. The molecule has 0 radical (unpaired) electrons. The molecule has 0 aliphatic carbocycles. The zero-order valence-electron chi connectivity index (χ0n) is 14.0. The topological polar surface area (TPSA) is 81.5 Å². The summed E-state index contributed by atoms with van der Waals surface area (Å²) >= 11 is 5.77. The van der Waals surface area contributed by atoms with E-state index in [2.05, 4.69) is 19.2 Å². The number of anilines is 1. The maximum absolute atomic E-state index is 12.3. The minimum absolute atomic E-state index is 0.0172. The third-order valence-electron chi connectivity index (χ3n) is 3.46. The van der Waals surface area contributed by atoms with Gasteiger partial charge < -0.3 is 10.1 Å². The summed E-state index contributed by atoms with van der Waals surface area (Å²) in [4.78, 5) is 22.7. The summed E-state index contributed by atoms with van der Waals surface area (Å²) in [5.74, 6) is 0.758. The molecule has 2 aromatic rings. The summed E-state index contributed by atoms with van der Waals surface area (Å²) in [5.41, 5.74) is 0.442. The Bertz CT molecular complexity index is 777. The maximum Gasteiger partial charge on any atom is 0.289 e. The highest BCUT2D eigenvalue weighted by atomic mass is 35.5. The molecule has 7 heteroatoms. The van der Waals surface area contributed by atoms with Gasteiger partial charge in [0.2, 0.25) is 0 Å². The number of hydrogen-bond donors (Lipinski definition) is 1. The number of benzene rings is 2. The van der Waals surface area contributed by atoms with Crippen LogP contribution in [0.2, 0.25) is 5.02 Å². The van der Waals surface area contributed by atoms with Crippen molar-refractivity contribution in [2.75, 3.05) is 11.9 Å². The summed E-state index contributed by atoms with van der Waals surface area (Å²) in [5, 5.41) is 13.6. The molecule has 25 heavy (non-hydrogen) atoms. The van der Waals surface area contributed by atoms with Gasteiger partial charge in [0.15, 0.2) is 0 Å². The van der Waals surface area contributed by atoms with Crippen LogP contribution in [0.4, 0.5) is 11.4 Å². The Labute approximate surface area is 150 Å². The predicted octanol–water partition coefficient (Wildman–Crippen LogP) is 4.93. The Kier molecular flexibility index (Phi) is 6.36. The molecule has 0 aliphatic heterocycles. The Morgan fingerprint density at radius 2 is 2.04 bits per heavy atom. The number of amides is 1. The average molecular weight is 363 g/mol. The van der Waals surface area contributed by atoms with Crippen LogP contribution in [0.5, 0.6) is 5.75 Å². The van der Waals surface area contributed by atoms with Crippen molar-refractivity contribution in [2.45, 2.75) is 20.3 Å². The molecule has 2 rings (SSSR count). The number of halogens is 1. The zero-order chi connectivity index (χ0) is 18.4. The van der Waals surface area contributed by atoms with Gasteiger partial charge in [0.05, 0.1) is 11.5 Å². The van der Waals surface area contributed by atoms with Crippen LogP contribution in [0.25, 0.3) is 0 Å². The third-order valence-corrected chi connectivity index (χ3v) is 3.78. The number of carbonyl (C=O) groups is 1. The van der Waals surface area contributed by atoms with Crippen molar-refractivity contribution in [1.29, 1.82) is 0 Å². The van der Waals surface area contributed by atoms with Crippen LogP contribution in [0, 0.1) is 16.0 Å². The van der Waals surface area contributed by atoms with Crippen LogP contribution in [0.1, 0.15) is 30.6 Å². The summed E-state index contributed by atoms with van der Waals surface area (Å²) in [7, 11) is 0. The maximum atomic E-state index is 12.3. The fraction of sp³-hybridized carbons (Fsp3) is 0.278. The van der Waals surface area contributed by atoms with E-state index in [1.54, 1.807) is 24.3 Å². The van der Waals surface area contributed by atoms with E-state index in [-0.39, 0.29) is 16.6 Å². The quantitative estimate of drug-likeness (QED) is 0.559. The molecule has 2 aromatic carbocycles. The van der Waals surface area contributed by atoms with Gasteiger partial charge in [0.1, 0.15) is 10.8 Å². The van der Waals surface area contributed by atoms with Crippen molar-refractivity contribution >= 4 is 28.9 Å². The summed E-state index contributed by atoms with van der Waals surface area (Å²) in [6.07, 6.45) is 0.921. The molecule has 0 saturated carbocycles. The van der Waals surface area contributed by atoms with E-state index < -0.39 is 4.92 Å². The first-order chi connectivity index (χ1) is 11.9. The van der Waals surface area contributed by atoms with Crippen molar-refractivity contribution in [1.82, 2.24) is 0 Å². The molecular formula is C18H19ClN2O4. The van der Waals surface area contributed by atoms with Crippen molar-refractivity contribution in [3.8, 4) is 5.75 Å². The Balaban J connectivity index is 2.08. The van der Waals surface area contributed by atoms with Gasteiger partial charge in [0.25, 0.3) is 11.6 Å². The molecule has 1 N–H and O–H groups in total. The van der Waals surface area contributed by atoms with Gasteiger partial charge in [-0.05, 0) is 42.7 Å². The lowest BCUT2D eigenvalue weighted by atomic mass is 10.1. The van der Waals surface area contributed by atoms with Gasteiger partial charge in [-0.15, -0.1) is 0 Å². The van der Waals surface area contributed by atoms with E-state index in [1.807, 2.05) is 0 Å². The summed E-state index contributed by atoms with van der Waals surface area (Å²) in [6.45, 7) is 4.79. The second-order valence-electron chi connectivity index (χ2n) is 5.94. The van der Waals surface area contributed by atoms with E-state index >= 15 is 0 Å². The largest absolute Gasteiger partial charge is 0.494 e. The molecule has 6 nitrogen and oxygen atoms in total. The standard InChI is InChI=1S/C18H19ClN2O4/c1-12(2)8-9-25-15-5-3-4-13(10-15)18(22)20-14-6-7-16(19)17(11-14)21(23)24/h3-7,10-12H,8-9H2,1-2H3,(H,20,22). The highest BCUT2D eigenvalue weighted by Crippen LogP contribution is 2.27. The van der Waals surface area contributed by atoms with Crippen LogP contribution >= 0.6 is 11.6 Å². The number of nitro benzene ring substituents is 1. The predicted molar refractivity (Wildman–Crippen MR) is 97.5 cm³/mol. The normalized spacial score (nSPS) is 10.6. The first-order valence-electron chi connectivity index (χ1n) is 7.85. The smallest absolute Gasteiger partial charge is 0.289 e. The van der Waals surface area contributed by atoms with Crippen LogP contribution in [-0.4, -0.2) is 17.4 Å². The SMILES string of the molecule is CC(C)CCOc1cccc(C(=O)Nc2ccc(Cl)c([N+](=O)[O-])c2)c1. The number of rotatable bonds is 7. The van der Waals surface area contributed by atoms with Crippen LogP contribution in [0.3, 0.4) is 0 Å². The first kappa shape index (κ1) is 18.7. The van der Waals surface area contributed by atoms with Crippen molar-refractivity contribution < 1.29 is 14.5 Å². The molecule has 0 saturated heterocycles. The number of nitrogens with one attached hydrogen (secondary N) is 1. The number of nitrogens with zero attached hydrogens (tertiary/aromatic N) is 1. The van der Waals surface area contributed by atoms with Crippen molar-refractivity contribution in [3.63, 3.8) is 0 Å². The number of carbonyl (C=O) groups excluding carboxylic acids is 1. The third kappa shape index (κ3) is 5.46. The molecule has 0 spiro atoms. The first-order valence-corrected chi connectivity index (χ1v) is 8.22. The average Bonchev–Trinajstić information content (AvgIpc) is 2.56. The van der Waals surface area contributed by atoms with Gasteiger partial charge in [0, 0.05) is 17.3 Å². The van der Waals surface area contributed by atoms with Gasteiger partial charge in [-0.25, -0.2) is 0 Å². The van der Waals surface area contributed by atoms with E-state index in [0.717, 1.165) is 6.42 Å². The van der Waals surface area contributed by atoms with E-state index in [1.165, 1.54) is 18.2 Å². The van der Waals surface area contributed by atoms with Gasteiger partial charge in [-0.1, -0.05) is 31.5 Å². The number of nitro groups is 1. The molecule has 0 bridgehead atoms. The summed E-state index contributed by atoms with van der Waals surface area (Å²) in [6, 6.07) is 10.9. The fourth-order valence-electron chi connectivity index (χ4n) is 2.07. The lowest BCUT2D eigenvalue weighted by molar-refractivity contribution is -0.384. The highest BCUT2D eigenvalue weighted by Gasteiger charge is 2.14. The van der Waals surface area contributed by atoms with Gasteiger partial charge in [-0.3, -0.25) is 14.9 Å². The molecule has 0 fully saturated rings. The molecule has 0 atom stereocenters. The molecule has 0 aliphatic rings. The molecule has 132 valence electrons. The lowest BCUT2D eigenvalue weighted by Crippen LogP contribution is -2.12. The minimum Gasteiger partial charge on any atom is -0.494 e. The molecule has 0 unspecified atom stereocenters. The molecular weight excluding hydrogens is 344 g/mol. The van der Waals surface area contributed by atoms with Crippen LogP contribution in [0.15, 0.2) is 42.5 Å². The zero-order valence-corrected chi connectivity index (χ0v) is 14.7. The van der Waals surface area contributed by atoms with E-state index in [9.17, 15) is 14.9 Å². The monoisotopic (exact) mass is 362 g/mol. The van der Waals surface area contributed by atoms with Gasteiger partial charge in [-0.2, -0.15) is 0 Å². The van der Waals surface area contributed by atoms with Crippen molar-refractivity contribution in [2.24, 2.45) is 5.92 Å². The second-order valence-corrected chi connectivity index (χ2v) is 6.34. The number of ether oxygens (including phenoxy) is 1.